The normalized spacial score (nSPS) is 16.8. The maximum Gasteiger partial charge on any atom is 0.235 e. The lowest BCUT2D eigenvalue weighted by Gasteiger charge is -2.27. The molecular weight excluding hydrogens is 249 g/mol. The zero-order chi connectivity index (χ0) is 13.9. The number of aliphatic imine (C=N–C) groups is 1. The summed E-state index contributed by atoms with van der Waals surface area (Å²) in [5.41, 5.74) is -0.0636. The van der Waals surface area contributed by atoms with Gasteiger partial charge in [0.05, 0.1) is 19.8 Å². The van der Waals surface area contributed by atoms with Crippen molar-refractivity contribution in [2.45, 2.75) is 31.2 Å². The number of nitrogens with zero attached hydrogens (tertiary/aromatic N) is 1. The lowest BCUT2D eigenvalue weighted by molar-refractivity contribution is 0.344. The van der Waals surface area contributed by atoms with E-state index in [1.165, 1.54) is 26.4 Å². The third kappa shape index (κ3) is 2.34. The largest absolute Gasteiger partial charge is 0.496 e. The van der Waals surface area contributed by atoms with Crippen molar-refractivity contribution >= 4 is 6.08 Å². The highest BCUT2D eigenvalue weighted by Gasteiger charge is 2.40. The summed E-state index contributed by atoms with van der Waals surface area (Å²) < 4.78 is 24.0. The van der Waals surface area contributed by atoms with Crippen LogP contribution in [0.15, 0.2) is 17.1 Å². The van der Waals surface area contributed by atoms with Crippen LogP contribution >= 0.6 is 0 Å². The molecule has 0 amide bonds. The van der Waals surface area contributed by atoms with E-state index in [-0.39, 0.29) is 0 Å². The first-order valence-corrected chi connectivity index (χ1v) is 6.18. The molecule has 0 bridgehead atoms. The summed E-state index contributed by atoms with van der Waals surface area (Å²) in [6, 6.07) is 2.58. The Labute approximate surface area is 111 Å². The topological polar surface area (TPSA) is 47.9 Å². The van der Waals surface area contributed by atoms with E-state index in [1.807, 2.05) is 0 Å². The van der Waals surface area contributed by atoms with E-state index in [0.29, 0.717) is 29.9 Å². The fraction of sp³-hybridized carbons (Fsp3) is 0.500. The molecule has 0 atom stereocenters. The second kappa shape index (κ2) is 5.41. The monoisotopic (exact) mass is 265 g/mol. The molecule has 5 heteroatoms. The van der Waals surface area contributed by atoms with E-state index in [1.54, 1.807) is 6.08 Å². The number of hydrogen-bond acceptors (Lipinski definition) is 4. The zero-order valence-electron chi connectivity index (χ0n) is 11.0. The van der Waals surface area contributed by atoms with E-state index in [2.05, 4.69) is 4.99 Å². The van der Waals surface area contributed by atoms with Gasteiger partial charge in [-0.1, -0.05) is 12.8 Å². The SMILES string of the molecule is COc1cc(F)cc(OC)c1C1(N=C=O)CCCC1. The Bertz CT molecular complexity index is 492. The average molecular weight is 265 g/mol. The van der Waals surface area contributed by atoms with Gasteiger partial charge in [-0.3, -0.25) is 0 Å². The lowest BCUT2D eigenvalue weighted by Crippen LogP contribution is -2.21. The van der Waals surface area contributed by atoms with Gasteiger partial charge in [0.1, 0.15) is 22.9 Å². The number of methoxy groups -OCH3 is 2. The maximum absolute atomic E-state index is 13.5. The molecular formula is C14H16FNO3. The Morgan fingerprint density at radius 1 is 1.21 bits per heavy atom. The molecule has 0 saturated heterocycles. The standard InChI is InChI=1S/C14H16FNO3/c1-18-11-7-10(15)8-12(19-2)13(11)14(16-9-17)5-3-4-6-14/h7-8H,3-6H2,1-2H3. The second-order valence-electron chi connectivity index (χ2n) is 4.63. The van der Waals surface area contributed by atoms with Gasteiger partial charge in [-0.05, 0) is 12.8 Å². The van der Waals surface area contributed by atoms with Crippen LogP contribution in [0.2, 0.25) is 0 Å². The molecule has 0 spiro atoms. The fourth-order valence-electron chi connectivity index (χ4n) is 2.80. The van der Waals surface area contributed by atoms with E-state index in [9.17, 15) is 9.18 Å². The number of benzene rings is 1. The molecule has 1 aliphatic carbocycles. The maximum atomic E-state index is 13.5. The van der Waals surface area contributed by atoms with Crippen LogP contribution in [0.1, 0.15) is 31.2 Å². The Morgan fingerprint density at radius 2 is 1.74 bits per heavy atom. The summed E-state index contributed by atoms with van der Waals surface area (Å²) in [7, 11) is 2.93. The first-order chi connectivity index (χ1) is 9.16. The van der Waals surface area contributed by atoms with Crippen LogP contribution in [0.3, 0.4) is 0 Å². The van der Waals surface area contributed by atoms with E-state index < -0.39 is 11.4 Å². The van der Waals surface area contributed by atoms with Crippen molar-refractivity contribution in [1.29, 1.82) is 0 Å². The van der Waals surface area contributed by atoms with Crippen LogP contribution in [0.4, 0.5) is 4.39 Å². The van der Waals surface area contributed by atoms with Crippen molar-refractivity contribution in [3.8, 4) is 11.5 Å². The molecule has 0 aliphatic heterocycles. The number of carbonyl (C=O) groups excluding carboxylic acids is 1. The Balaban J connectivity index is 2.67. The predicted octanol–water partition coefficient (Wildman–Crippen LogP) is 2.95. The van der Waals surface area contributed by atoms with Gasteiger partial charge < -0.3 is 9.47 Å². The number of isocyanates is 1. The van der Waals surface area contributed by atoms with Gasteiger partial charge in [-0.2, -0.15) is 4.99 Å². The van der Waals surface area contributed by atoms with Gasteiger partial charge in [0.15, 0.2) is 0 Å². The summed E-state index contributed by atoms with van der Waals surface area (Å²) in [5, 5.41) is 0. The Hall–Kier alpha value is -1.87. The minimum absolute atomic E-state index is 0.359. The predicted molar refractivity (Wildman–Crippen MR) is 67.8 cm³/mol. The van der Waals surface area contributed by atoms with Crippen molar-refractivity contribution in [1.82, 2.24) is 0 Å². The van der Waals surface area contributed by atoms with Gasteiger partial charge in [-0.15, -0.1) is 0 Å². The van der Waals surface area contributed by atoms with Crippen molar-refractivity contribution in [3.05, 3.63) is 23.5 Å². The molecule has 0 heterocycles. The third-order valence-electron chi connectivity index (χ3n) is 3.63. The van der Waals surface area contributed by atoms with Crippen LogP contribution in [0, 0.1) is 5.82 Å². The highest BCUT2D eigenvalue weighted by molar-refractivity contribution is 5.52. The first kappa shape index (κ1) is 13.6. The summed E-state index contributed by atoms with van der Waals surface area (Å²) in [5.74, 6) is 0.274. The molecule has 102 valence electrons. The molecule has 1 aromatic rings. The molecule has 2 rings (SSSR count). The molecule has 1 aromatic carbocycles. The first-order valence-electron chi connectivity index (χ1n) is 6.18. The molecule has 19 heavy (non-hydrogen) atoms. The van der Waals surface area contributed by atoms with Crippen LogP contribution in [-0.2, 0) is 10.3 Å². The summed E-state index contributed by atoms with van der Waals surface area (Å²) in [6.07, 6.45) is 4.96. The van der Waals surface area contributed by atoms with E-state index >= 15 is 0 Å². The molecule has 4 nitrogen and oxygen atoms in total. The molecule has 0 radical (unpaired) electrons. The Kier molecular flexibility index (Phi) is 3.86. The average Bonchev–Trinajstić information content (AvgIpc) is 2.87. The highest BCUT2D eigenvalue weighted by atomic mass is 19.1. The fourth-order valence-corrected chi connectivity index (χ4v) is 2.80. The van der Waals surface area contributed by atoms with Crippen molar-refractivity contribution in [2.24, 2.45) is 4.99 Å². The van der Waals surface area contributed by atoms with Crippen molar-refractivity contribution < 1.29 is 18.7 Å². The van der Waals surface area contributed by atoms with E-state index in [4.69, 9.17) is 9.47 Å². The van der Waals surface area contributed by atoms with Crippen molar-refractivity contribution in [2.75, 3.05) is 14.2 Å². The quantitative estimate of drug-likeness (QED) is 0.621. The van der Waals surface area contributed by atoms with Crippen molar-refractivity contribution in [3.63, 3.8) is 0 Å². The van der Waals surface area contributed by atoms with E-state index in [0.717, 1.165) is 12.8 Å². The third-order valence-corrected chi connectivity index (χ3v) is 3.63. The zero-order valence-corrected chi connectivity index (χ0v) is 11.0. The van der Waals surface area contributed by atoms with Gasteiger partial charge in [-0.25, -0.2) is 9.18 Å². The number of hydrogen-bond donors (Lipinski definition) is 0. The van der Waals surface area contributed by atoms with Crippen LogP contribution < -0.4 is 9.47 Å². The summed E-state index contributed by atoms with van der Waals surface area (Å²) >= 11 is 0. The lowest BCUT2D eigenvalue weighted by atomic mass is 9.87. The molecule has 1 fully saturated rings. The van der Waals surface area contributed by atoms with Gasteiger partial charge in [0, 0.05) is 12.1 Å². The van der Waals surface area contributed by atoms with Gasteiger partial charge >= 0.3 is 0 Å². The van der Waals surface area contributed by atoms with Gasteiger partial charge in [0.2, 0.25) is 6.08 Å². The highest BCUT2D eigenvalue weighted by Crippen LogP contribution is 2.49. The molecule has 0 unspecified atom stereocenters. The minimum atomic E-state index is -0.702. The number of ether oxygens (including phenoxy) is 2. The smallest absolute Gasteiger partial charge is 0.235 e. The number of rotatable bonds is 4. The van der Waals surface area contributed by atoms with Crippen LogP contribution in [0.5, 0.6) is 11.5 Å². The number of halogens is 1. The molecule has 1 saturated carbocycles. The molecule has 1 aliphatic rings. The summed E-state index contributed by atoms with van der Waals surface area (Å²) in [4.78, 5) is 14.7. The van der Waals surface area contributed by atoms with Gasteiger partial charge in [0.25, 0.3) is 0 Å². The minimum Gasteiger partial charge on any atom is -0.496 e. The van der Waals surface area contributed by atoms with Crippen LogP contribution in [0.25, 0.3) is 0 Å². The second-order valence-corrected chi connectivity index (χ2v) is 4.63. The van der Waals surface area contributed by atoms with Crippen LogP contribution in [-0.4, -0.2) is 20.3 Å². The molecule has 0 N–H and O–H groups in total. The molecule has 0 aromatic heterocycles. The summed E-state index contributed by atoms with van der Waals surface area (Å²) in [6.45, 7) is 0. The Morgan fingerprint density at radius 3 is 2.16 bits per heavy atom.